The van der Waals surface area contributed by atoms with Crippen molar-refractivity contribution >= 4 is 11.6 Å². The summed E-state index contributed by atoms with van der Waals surface area (Å²) in [6, 6.07) is 16.7. The highest BCUT2D eigenvalue weighted by Gasteiger charge is 2.17. The quantitative estimate of drug-likeness (QED) is 0.689. The molecular weight excluding hydrogens is 348 g/mol. The van der Waals surface area contributed by atoms with Gasteiger partial charge in [-0.3, -0.25) is 14.8 Å². The normalized spacial score (nSPS) is 13.9. The van der Waals surface area contributed by atoms with Crippen LogP contribution in [0.5, 0.6) is 0 Å². The molecule has 0 bridgehead atoms. The summed E-state index contributed by atoms with van der Waals surface area (Å²) in [7, 11) is 0. The summed E-state index contributed by atoms with van der Waals surface area (Å²) in [6.07, 6.45) is 4.07. The second kappa shape index (κ2) is 8.40. The maximum atomic E-state index is 12.4. The molecule has 5 heteroatoms. The largest absolute Gasteiger partial charge is 0.326 e. The molecule has 0 aliphatic carbocycles. The molecule has 0 unspecified atom stereocenters. The molecule has 3 aromatic rings. The Morgan fingerprint density at radius 1 is 1.14 bits per heavy atom. The van der Waals surface area contributed by atoms with Crippen molar-refractivity contribution in [2.45, 2.75) is 39.3 Å². The molecule has 1 aromatic heterocycles. The van der Waals surface area contributed by atoms with Gasteiger partial charge in [-0.1, -0.05) is 35.9 Å². The third-order valence-corrected chi connectivity index (χ3v) is 5.30. The van der Waals surface area contributed by atoms with Gasteiger partial charge in [0.1, 0.15) is 0 Å². The predicted octanol–water partition coefficient (Wildman–Crippen LogP) is 3.85. The fourth-order valence-corrected chi connectivity index (χ4v) is 3.68. The minimum atomic E-state index is 0.0608. The van der Waals surface area contributed by atoms with Gasteiger partial charge in [0.05, 0.1) is 0 Å². The van der Waals surface area contributed by atoms with Crippen LogP contribution in [0.2, 0.25) is 0 Å². The molecular formula is C23H26N4O. The highest BCUT2D eigenvalue weighted by Crippen LogP contribution is 2.24. The summed E-state index contributed by atoms with van der Waals surface area (Å²) in [5.41, 5.74) is 7.12. The van der Waals surface area contributed by atoms with Gasteiger partial charge in [0, 0.05) is 43.6 Å². The van der Waals surface area contributed by atoms with Crippen molar-refractivity contribution in [3.63, 3.8) is 0 Å². The van der Waals surface area contributed by atoms with Gasteiger partial charge in [0.25, 0.3) is 0 Å². The van der Waals surface area contributed by atoms with E-state index in [4.69, 9.17) is 0 Å². The molecule has 144 valence electrons. The van der Waals surface area contributed by atoms with Gasteiger partial charge in [-0.05, 0) is 54.7 Å². The van der Waals surface area contributed by atoms with Gasteiger partial charge >= 0.3 is 0 Å². The maximum Gasteiger partial charge on any atom is 0.224 e. The Labute approximate surface area is 165 Å². The first-order valence-corrected chi connectivity index (χ1v) is 9.83. The van der Waals surface area contributed by atoms with Gasteiger partial charge < -0.3 is 5.32 Å². The molecule has 0 saturated carbocycles. The van der Waals surface area contributed by atoms with Crippen molar-refractivity contribution in [2.24, 2.45) is 0 Å². The molecule has 2 N–H and O–H groups in total. The number of nitrogens with zero attached hydrogens (tertiary/aromatic N) is 2. The highest BCUT2D eigenvalue weighted by molar-refractivity contribution is 5.91. The second-order valence-electron chi connectivity index (χ2n) is 7.56. The number of hydrogen-bond acceptors (Lipinski definition) is 3. The Balaban J connectivity index is 1.34. The molecule has 0 saturated heterocycles. The van der Waals surface area contributed by atoms with E-state index < -0.39 is 0 Å². The Morgan fingerprint density at radius 2 is 2.00 bits per heavy atom. The topological polar surface area (TPSA) is 61.0 Å². The van der Waals surface area contributed by atoms with Crippen molar-refractivity contribution in [1.82, 2.24) is 15.1 Å². The Morgan fingerprint density at radius 3 is 2.79 bits per heavy atom. The number of aromatic nitrogens is 2. The van der Waals surface area contributed by atoms with Crippen LogP contribution in [0, 0.1) is 6.92 Å². The van der Waals surface area contributed by atoms with Crippen molar-refractivity contribution in [3.8, 4) is 0 Å². The first kappa shape index (κ1) is 18.4. The fourth-order valence-electron chi connectivity index (χ4n) is 3.68. The monoisotopic (exact) mass is 374 g/mol. The molecule has 2 aromatic carbocycles. The summed E-state index contributed by atoms with van der Waals surface area (Å²) < 4.78 is 0. The van der Waals surface area contributed by atoms with Gasteiger partial charge in [-0.15, -0.1) is 0 Å². The van der Waals surface area contributed by atoms with E-state index in [1.165, 1.54) is 22.3 Å². The standard InChI is InChI=1S/C23H26N4O/c1-17-2-4-18(5-3-17)6-9-23(28)25-21-8-7-19-11-13-27(15-20(19)14-21)16-22-10-12-24-26-22/h2-5,7-8,10,12,14H,6,9,11,13,15-16H2,1H3,(H,24,26)(H,25,28). The SMILES string of the molecule is Cc1ccc(CCC(=O)Nc2ccc3c(c2)CN(Cc2ccn[nH]2)CC3)cc1. The molecule has 0 fully saturated rings. The van der Waals surface area contributed by atoms with Crippen molar-refractivity contribution in [1.29, 1.82) is 0 Å². The molecule has 1 aliphatic heterocycles. The van der Waals surface area contributed by atoms with E-state index in [0.717, 1.165) is 43.9 Å². The molecule has 0 atom stereocenters. The number of aromatic amines is 1. The van der Waals surface area contributed by atoms with Crippen LogP contribution in [-0.4, -0.2) is 27.5 Å². The molecule has 5 nitrogen and oxygen atoms in total. The number of amides is 1. The first-order valence-electron chi connectivity index (χ1n) is 9.83. The van der Waals surface area contributed by atoms with E-state index in [1.54, 1.807) is 6.20 Å². The smallest absolute Gasteiger partial charge is 0.224 e. The van der Waals surface area contributed by atoms with Gasteiger partial charge in [0.15, 0.2) is 0 Å². The van der Waals surface area contributed by atoms with Crippen LogP contribution < -0.4 is 5.32 Å². The van der Waals surface area contributed by atoms with Crippen LogP contribution in [0.25, 0.3) is 0 Å². The van der Waals surface area contributed by atoms with Crippen molar-refractivity contribution in [2.75, 3.05) is 11.9 Å². The summed E-state index contributed by atoms with van der Waals surface area (Å²) >= 11 is 0. The van der Waals surface area contributed by atoms with Gasteiger partial charge in [0.2, 0.25) is 5.91 Å². The van der Waals surface area contributed by atoms with Crippen LogP contribution in [0.3, 0.4) is 0 Å². The molecule has 1 aliphatic rings. The van der Waals surface area contributed by atoms with Gasteiger partial charge in [-0.25, -0.2) is 0 Å². The molecule has 2 heterocycles. The number of aryl methyl sites for hydroxylation is 2. The third-order valence-electron chi connectivity index (χ3n) is 5.30. The average Bonchev–Trinajstić information content (AvgIpc) is 3.20. The summed E-state index contributed by atoms with van der Waals surface area (Å²) in [5, 5.41) is 10.1. The second-order valence-corrected chi connectivity index (χ2v) is 7.56. The zero-order valence-corrected chi connectivity index (χ0v) is 16.2. The lowest BCUT2D eigenvalue weighted by atomic mass is 9.99. The molecule has 1 amide bonds. The first-order chi connectivity index (χ1) is 13.7. The number of carbonyl (C=O) groups is 1. The summed E-state index contributed by atoms with van der Waals surface area (Å²) in [6.45, 7) is 4.87. The third kappa shape index (κ3) is 4.67. The summed E-state index contributed by atoms with van der Waals surface area (Å²) in [4.78, 5) is 14.8. The Bertz CT molecular complexity index is 932. The number of anilines is 1. The van der Waals surface area contributed by atoms with Crippen molar-refractivity contribution in [3.05, 3.63) is 82.7 Å². The van der Waals surface area contributed by atoms with E-state index in [9.17, 15) is 4.79 Å². The highest BCUT2D eigenvalue weighted by atomic mass is 16.1. The zero-order valence-electron chi connectivity index (χ0n) is 16.2. The van der Waals surface area contributed by atoms with E-state index >= 15 is 0 Å². The number of carbonyl (C=O) groups excluding carboxylic acids is 1. The average molecular weight is 374 g/mol. The van der Waals surface area contributed by atoms with Crippen LogP contribution in [0.15, 0.2) is 54.7 Å². The molecule has 4 rings (SSSR count). The molecule has 28 heavy (non-hydrogen) atoms. The lowest BCUT2D eigenvalue weighted by molar-refractivity contribution is -0.116. The van der Waals surface area contributed by atoms with Crippen LogP contribution >= 0.6 is 0 Å². The van der Waals surface area contributed by atoms with Crippen molar-refractivity contribution < 1.29 is 4.79 Å². The number of fused-ring (bicyclic) bond motifs is 1. The lowest BCUT2D eigenvalue weighted by Gasteiger charge is -2.28. The zero-order chi connectivity index (χ0) is 19.3. The molecule has 0 radical (unpaired) electrons. The van der Waals surface area contributed by atoms with E-state index in [-0.39, 0.29) is 5.91 Å². The number of rotatable bonds is 6. The van der Waals surface area contributed by atoms with Crippen LogP contribution in [-0.2, 0) is 30.7 Å². The van der Waals surface area contributed by atoms with Crippen LogP contribution in [0.4, 0.5) is 5.69 Å². The molecule has 0 spiro atoms. The number of H-pyrrole nitrogens is 1. The Hall–Kier alpha value is -2.92. The number of nitrogens with one attached hydrogen (secondary N) is 2. The fraction of sp³-hybridized carbons (Fsp3) is 0.304. The Kier molecular flexibility index (Phi) is 5.53. The van der Waals surface area contributed by atoms with E-state index in [2.05, 4.69) is 63.7 Å². The minimum absolute atomic E-state index is 0.0608. The maximum absolute atomic E-state index is 12.4. The van der Waals surface area contributed by atoms with Gasteiger partial charge in [-0.2, -0.15) is 5.10 Å². The minimum Gasteiger partial charge on any atom is -0.326 e. The number of benzene rings is 2. The predicted molar refractivity (Wildman–Crippen MR) is 111 cm³/mol. The van der Waals surface area contributed by atoms with E-state index in [0.29, 0.717) is 6.42 Å². The lowest BCUT2D eigenvalue weighted by Crippen LogP contribution is -2.30. The van der Waals surface area contributed by atoms with E-state index in [1.807, 2.05) is 12.1 Å². The van der Waals surface area contributed by atoms with Crippen LogP contribution in [0.1, 0.15) is 34.4 Å². The number of hydrogen-bond donors (Lipinski definition) is 2. The summed E-state index contributed by atoms with van der Waals surface area (Å²) in [5.74, 6) is 0.0608.